The van der Waals surface area contributed by atoms with E-state index in [0.717, 1.165) is 19.3 Å². The summed E-state index contributed by atoms with van der Waals surface area (Å²) in [6.07, 6.45) is 2.15. The first-order valence-electron chi connectivity index (χ1n) is 9.12. The molecule has 5 heteroatoms. The highest BCUT2D eigenvalue weighted by molar-refractivity contribution is 5.95. The molecule has 0 saturated heterocycles. The standard InChI is InChI=1S/C22H24O5/c1-2-3-6-15-20(27-22(25)18-13-9-5-10-14-18)19(23)16-26-21(24)17-11-7-4-8-12-17/h4-5,7-14,20H,2-3,6,15-16H2,1H3/t20-/m1/s1. The Hall–Kier alpha value is -2.95. The number of benzene rings is 2. The maximum Gasteiger partial charge on any atom is 0.338 e. The highest BCUT2D eigenvalue weighted by Crippen LogP contribution is 2.12. The van der Waals surface area contributed by atoms with Gasteiger partial charge >= 0.3 is 11.9 Å². The second-order valence-electron chi connectivity index (χ2n) is 6.16. The van der Waals surface area contributed by atoms with E-state index >= 15 is 0 Å². The fourth-order valence-corrected chi connectivity index (χ4v) is 2.52. The number of carbonyl (C=O) groups excluding carboxylic acids is 3. The van der Waals surface area contributed by atoms with Crippen molar-refractivity contribution in [3.05, 3.63) is 71.8 Å². The van der Waals surface area contributed by atoms with E-state index in [-0.39, 0.29) is 0 Å². The molecule has 0 aromatic heterocycles. The number of hydrogen-bond donors (Lipinski definition) is 0. The molecular formula is C22H24O5. The van der Waals surface area contributed by atoms with Crippen LogP contribution in [0, 0.1) is 0 Å². The molecule has 0 bridgehead atoms. The quantitative estimate of drug-likeness (QED) is 0.464. The topological polar surface area (TPSA) is 69.7 Å². The summed E-state index contributed by atoms with van der Waals surface area (Å²) in [7, 11) is 0. The number of esters is 2. The average Bonchev–Trinajstić information content (AvgIpc) is 2.72. The van der Waals surface area contributed by atoms with Crippen molar-refractivity contribution in [1.29, 1.82) is 0 Å². The van der Waals surface area contributed by atoms with Crippen LogP contribution >= 0.6 is 0 Å². The van der Waals surface area contributed by atoms with Gasteiger partial charge in [0.15, 0.2) is 12.7 Å². The molecule has 0 aliphatic heterocycles. The van der Waals surface area contributed by atoms with Gasteiger partial charge < -0.3 is 9.47 Å². The van der Waals surface area contributed by atoms with Crippen molar-refractivity contribution in [1.82, 2.24) is 0 Å². The minimum absolute atomic E-state index is 0.370. The third kappa shape index (κ3) is 6.70. The van der Waals surface area contributed by atoms with Crippen LogP contribution in [0.3, 0.4) is 0 Å². The molecule has 0 saturated carbocycles. The summed E-state index contributed by atoms with van der Waals surface area (Å²) in [6.45, 7) is 1.63. The predicted octanol–water partition coefficient (Wildman–Crippen LogP) is 4.22. The van der Waals surface area contributed by atoms with Gasteiger partial charge in [0.05, 0.1) is 11.1 Å². The molecule has 1 atom stereocenters. The van der Waals surface area contributed by atoms with Crippen molar-refractivity contribution in [2.45, 2.75) is 38.7 Å². The minimum atomic E-state index is -0.923. The number of carbonyl (C=O) groups is 3. The highest BCUT2D eigenvalue weighted by Gasteiger charge is 2.24. The fraction of sp³-hybridized carbons (Fsp3) is 0.318. The molecule has 2 rings (SSSR count). The average molecular weight is 368 g/mol. The molecule has 0 aliphatic carbocycles. The van der Waals surface area contributed by atoms with Gasteiger partial charge in [-0.05, 0) is 37.1 Å². The number of Topliss-reactive ketones (excluding diaryl/α,β-unsaturated/α-hetero) is 1. The zero-order chi connectivity index (χ0) is 19.5. The van der Waals surface area contributed by atoms with Gasteiger partial charge in [0, 0.05) is 0 Å². The maximum atomic E-state index is 12.5. The summed E-state index contributed by atoms with van der Waals surface area (Å²) >= 11 is 0. The lowest BCUT2D eigenvalue weighted by Gasteiger charge is -2.17. The van der Waals surface area contributed by atoms with E-state index in [1.54, 1.807) is 60.7 Å². The van der Waals surface area contributed by atoms with Gasteiger partial charge in [-0.15, -0.1) is 0 Å². The van der Waals surface area contributed by atoms with Gasteiger partial charge in [0.2, 0.25) is 5.78 Å². The SMILES string of the molecule is CCCCC[C@@H](OC(=O)c1ccccc1)C(=O)COC(=O)c1ccccc1. The second kappa shape index (κ2) is 10.9. The third-order valence-corrected chi connectivity index (χ3v) is 4.04. The Kier molecular flexibility index (Phi) is 8.23. The van der Waals surface area contributed by atoms with Crippen molar-refractivity contribution < 1.29 is 23.9 Å². The molecule has 0 heterocycles. The van der Waals surface area contributed by atoms with Gasteiger partial charge in [0.25, 0.3) is 0 Å². The summed E-state index contributed by atoms with van der Waals surface area (Å²) < 4.78 is 10.5. The van der Waals surface area contributed by atoms with Crippen LogP contribution in [-0.4, -0.2) is 30.4 Å². The Bertz CT molecular complexity index is 740. The summed E-state index contributed by atoms with van der Waals surface area (Å²) in [5, 5.41) is 0. The minimum Gasteiger partial charge on any atom is -0.454 e. The van der Waals surface area contributed by atoms with Gasteiger partial charge in [-0.3, -0.25) is 4.79 Å². The van der Waals surface area contributed by atoms with E-state index < -0.39 is 30.4 Å². The molecule has 0 unspecified atom stereocenters. The zero-order valence-corrected chi connectivity index (χ0v) is 15.4. The molecule has 0 fully saturated rings. The molecule has 5 nitrogen and oxygen atoms in total. The summed E-state index contributed by atoms with van der Waals surface area (Å²) in [5.74, 6) is -1.55. The van der Waals surface area contributed by atoms with E-state index in [1.165, 1.54) is 0 Å². The van der Waals surface area contributed by atoms with Gasteiger partial charge in [-0.2, -0.15) is 0 Å². The fourth-order valence-electron chi connectivity index (χ4n) is 2.52. The second-order valence-corrected chi connectivity index (χ2v) is 6.16. The Morgan fingerprint density at radius 3 is 1.93 bits per heavy atom. The van der Waals surface area contributed by atoms with Crippen LogP contribution in [-0.2, 0) is 14.3 Å². The lowest BCUT2D eigenvalue weighted by atomic mass is 10.1. The Balaban J connectivity index is 1.96. The first-order chi connectivity index (χ1) is 13.1. The first-order valence-corrected chi connectivity index (χ1v) is 9.12. The van der Waals surface area contributed by atoms with Crippen molar-refractivity contribution in [2.24, 2.45) is 0 Å². The zero-order valence-electron chi connectivity index (χ0n) is 15.4. The van der Waals surface area contributed by atoms with Crippen LogP contribution in [0.2, 0.25) is 0 Å². The Labute approximate surface area is 159 Å². The lowest BCUT2D eigenvalue weighted by Crippen LogP contribution is -2.31. The molecule has 0 aliphatic rings. The van der Waals surface area contributed by atoms with Crippen LogP contribution in [0.5, 0.6) is 0 Å². The van der Waals surface area contributed by atoms with Crippen molar-refractivity contribution in [2.75, 3.05) is 6.61 Å². The monoisotopic (exact) mass is 368 g/mol. The predicted molar refractivity (Wildman–Crippen MR) is 102 cm³/mol. The van der Waals surface area contributed by atoms with E-state index in [9.17, 15) is 14.4 Å². The number of ketones is 1. The molecule has 2 aromatic rings. The van der Waals surface area contributed by atoms with Crippen LogP contribution in [0.4, 0.5) is 0 Å². The number of ether oxygens (including phenoxy) is 2. The third-order valence-electron chi connectivity index (χ3n) is 4.04. The van der Waals surface area contributed by atoms with Crippen molar-refractivity contribution >= 4 is 17.7 Å². The first kappa shape index (κ1) is 20.4. The highest BCUT2D eigenvalue weighted by atomic mass is 16.6. The Morgan fingerprint density at radius 1 is 0.815 bits per heavy atom. The van der Waals surface area contributed by atoms with Gasteiger partial charge in [0.1, 0.15) is 0 Å². The van der Waals surface area contributed by atoms with E-state index in [1.807, 2.05) is 0 Å². The van der Waals surface area contributed by atoms with Crippen molar-refractivity contribution in [3.63, 3.8) is 0 Å². The number of hydrogen-bond acceptors (Lipinski definition) is 5. The van der Waals surface area contributed by atoms with Gasteiger partial charge in [-0.25, -0.2) is 9.59 Å². The smallest absolute Gasteiger partial charge is 0.338 e. The molecule has 0 amide bonds. The van der Waals surface area contributed by atoms with Crippen LogP contribution < -0.4 is 0 Å². The van der Waals surface area contributed by atoms with Crippen LogP contribution in [0.1, 0.15) is 53.3 Å². The number of unbranched alkanes of at least 4 members (excludes halogenated alkanes) is 2. The maximum absolute atomic E-state index is 12.5. The summed E-state index contributed by atoms with van der Waals surface area (Å²) in [4.78, 5) is 36.7. The van der Waals surface area contributed by atoms with Crippen molar-refractivity contribution in [3.8, 4) is 0 Å². The lowest BCUT2D eigenvalue weighted by molar-refractivity contribution is -0.131. The van der Waals surface area contributed by atoms with E-state index in [2.05, 4.69) is 6.92 Å². The molecule has 0 spiro atoms. The van der Waals surface area contributed by atoms with Crippen LogP contribution in [0.15, 0.2) is 60.7 Å². The Morgan fingerprint density at radius 2 is 1.37 bits per heavy atom. The molecule has 27 heavy (non-hydrogen) atoms. The molecule has 142 valence electrons. The largest absolute Gasteiger partial charge is 0.454 e. The summed E-state index contributed by atoms with van der Waals surface area (Å²) in [5.41, 5.74) is 0.751. The normalized spacial score (nSPS) is 11.4. The summed E-state index contributed by atoms with van der Waals surface area (Å²) in [6, 6.07) is 17.0. The number of rotatable bonds is 10. The van der Waals surface area contributed by atoms with Crippen LogP contribution in [0.25, 0.3) is 0 Å². The molecule has 0 radical (unpaired) electrons. The molecule has 2 aromatic carbocycles. The van der Waals surface area contributed by atoms with Gasteiger partial charge in [-0.1, -0.05) is 56.2 Å². The molecule has 0 N–H and O–H groups in total. The van der Waals surface area contributed by atoms with E-state index in [4.69, 9.17) is 9.47 Å². The molecular weight excluding hydrogens is 344 g/mol. The van der Waals surface area contributed by atoms with E-state index in [0.29, 0.717) is 17.5 Å².